The van der Waals surface area contributed by atoms with Crippen molar-refractivity contribution in [3.63, 3.8) is 0 Å². The molecule has 2 aromatic rings. The molecular formula is C14H14FN3S. The van der Waals surface area contributed by atoms with Gasteiger partial charge in [0, 0.05) is 13.6 Å². The van der Waals surface area contributed by atoms with Crippen LogP contribution in [0.3, 0.4) is 0 Å². The Morgan fingerprint density at radius 1 is 1.26 bits per heavy atom. The molecule has 2 N–H and O–H groups in total. The standard InChI is InChI=1S/C14H14FN3S/c1-18(9-10-2-4-11(15)5-3-10)12-6-7-13(14(16)19)17-8-12/h2-8H,9H2,1H3,(H2,16,19). The average molecular weight is 275 g/mol. The molecule has 0 radical (unpaired) electrons. The number of thiocarbonyl (C=S) groups is 1. The first kappa shape index (κ1) is 13.4. The fourth-order valence-electron chi connectivity index (χ4n) is 1.71. The van der Waals surface area contributed by atoms with E-state index < -0.39 is 0 Å². The third-order valence-corrected chi connectivity index (χ3v) is 2.98. The number of rotatable bonds is 4. The molecule has 5 heteroatoms. The van der Waals surface area contributed by atoms with Gasteiger partial charge in [0.2, 0.25) is 0 Å². The summed E-state index contributed by atoms with van der Waals surface area (Å²) in [6.07, 6.45) is 1.72. The Morgan fingerprint density at radius 2 is 1.95 bits per heavy atom. The number of hydrogen-bond acceptors (Lipinski definition) is 3. The van der Waals surface area contributed by atoms with Gasteiger partial charge in [-0.2, -0.15) is 0 Å². The molecule has 0 saturated carbocycles. The van der Waals surface area contributed by atoms with E-state index in [1.54, 1.807) is 24.4 Å². The summed E-state index contributed by atoms with van der Waals surface area (Å²) >= 11 is 4.85. The van der Waals surface area contributed by atoms with E-state index in [2.05, 4.69) is 4.98 Å². The number of hydrogen-bond donors (Lipinski definition) is 1. The van der Waals surface area contributed by atoms with Gasteiger partial charge >= 0.3 is 0 Å². The van der Waals surface area contributed by atoms with Crippen molar-refractivity contribution in [3.05, 3.63) is 59.7 Å². The Balaban J connectivity index is 2.09. The molecule has 0 unspecified atom stereocenters. The van der Waals surface area contributed by atoms with Crippen molar-refractivity contribution < 1.29 is 4.39 Å². The maximum Gasteiger partial charge on any atom is 0.123 e. The van der Waals surface area contributed by atoms with Crippen LogP contribution in [-0.4, -0.2) is 17.0 Å². The maximum absolute atomic E-state index is 12.8. The lowest BCUT2D eigenvalue weighted by atomic mass is 10.2. The van der Waals surface area contributed by atoms with Gasteiger partial charge in [0.15, 0.2) is 0 Å². The number of halogens is 1. The summed E-state index contributed by atoms with van der Waals surface area (Å²) in [7, 11) is 1.95. The number of anilines is 1. The van der Waals surface area contributed by atoms with Crippen LogP contribution in [-0.2, 0) is 6.54 Å². The number of aromatic nitrogens is 1. The Labute approximate surface area is 116 Å². The summed E-state index contributed by atoms with van der Waals surface area (Å²) in [4.78, 5) is 6.49. The van der Waals surface area contributed by atoms with Gasteiger partial charge in [0.05, 0.1) is 17.6 Å². The predicted octanol–water partition coefficient (Wildman–Crippen LogP) is 2.49. The Kier molecular flexibility index (Phi) is 4.06. The summed E-state index contributed by atoms with van der Waals surface area (Å²) in [5, 5.41) is 0. The number of pyridine rings is 1. The molecule has 3 nitrogen and oxygen atoms in total. The quantitative estimate of drug-likeness (QED) is 0.871. The average Bonchev–Trinajstić information content (AvgIpc) is 2.41. The smallest absolute Gasteiger partial charge is 0.123 e. The molecule has 0 bridgehead atoms. The van der Waals surface area contributed by atoms with E-state index in [0.717, 1.165) is 11.3 Å². The van der Waals surface area contributed by atoms with Crippen molar-refractivity contribution in [2.24, 2.45) is 5.73 Å². The van der Waals surface area contributed by atoms with E-state index in [-0.39, 0.29) is 10.8 Å². The molecule has 0 spiro atoms. The molecule has 0 saturated heterocycles. The fraction of sp³-hybridized carbons (Fsp3) is 0.143. The van der Waals surface area contributed by atoms with Crippen molar-refractivity contribution in [2.45, 2.75) is 6.54 Å². The van der Waals surface area contributed by atoms with Gasteiger partial charge in [0.1, 0.15) is 10.8 Å². The van der Waals surface area contributed by atoms with E-state index in [0.29, 0.717) is 12.2 Å². The maximum atomic E-state index is 12.8. The minimum absolute atomic E-state index is 0.228. The molecule has 1 aromatic carbocycles. The molecule has 0 aliphatic rings. The van der Waals surface area contributed by atoms with Gasteiger partial charge in [-0.15, -0.1) is 0 Å². The highest BCUT2D eigenvalue weighted by Gasteiger charge is 2.04. The first-order chi connectivity index (χ1) is 9.06. The van der Waals surface area contributed by atoms with Gasteiger partial charge in [-0.05, 0) is 29.8 Å². The Hall–Kier alpha value is -2.01. The lowest BCUT2D eigenvalue weighted by Crippen LogP contribution is -2.17. The summed E-state index contributed by atoms with van der Waals surface area (Å²) in [5.74, 6) is -0.228. The van der Waals surface area contributed by atoms with Crippen molar-refractivity contribution >= 4 is 22.9 Å². The lowest BCUT2D eigenvalue weighted by Gasteiger charge is -2.19. The number of nitrogens with zero attached hydrogens (tertiary/aromatic N) is 2. The van der Waals surface area contributed by atoms with Crippen molar-refractivity contribution in [1.82, 2.24) is 4.98 Å². The van der Waals surface area contributed by atoms with Gasteiger partial charge < -0.3 is 10.6 Å². The zero-order valence-electron chi connectivity index (χ0n) is 10.5. The highest BCUT2D eigenvalue weighted by Crippen LogP contribution is 2.15. The van der Waals surface area contributed by atoms with Crippen LogP contribution in [0.1, 0.15) is 11.3 Å². The van der Waals surface area contributed by atoms with Crippen LogP contribution < -0.4 is 10.6 Å². The van der Waals surface area contributed by atoms with Crippen LogP contribution in [0.15, 0.2) is 42.6 Å². The Morgan fingerprint density at radius 3 is 2.47 bits per heavy atom. The molecule has 2 rings (SSSR count). The molecule has 0 amide bonds. The second-order valence-corrected chi connectivity index (χ2v) is 4.69. The summed E-state index contributed by atoms with van der Waals surface area (Å²) < 4.78 is 12.8. The van der Waals surface area contributed by atoms with E-state index in [1.165, 1.54) is 12.1 Å². The fourth-order valence-corrected chi connectivity index (χ4v) is 1.83. The molecule has 1 aromatic heterocycles. The third-order valence-electron chi connectivity index (χ3n) is 2.77. The second-order valence-electron chi connectivity index (χ2n) is 4.25. The van der Waals surface area contributed by atoms with Crippen LogP contribution >= 0.6 is 12.2 Å². The van der Waals surface area contributed by atoms with Crippen LogP contribution in [0.25, 0.3) is 0 Å². The van der Waals surface area contributed by atoms with Crippen molar-refractivity contribution in [3.8, 4) is 0 Å². The SMILES string of the molecule is CN(Cc1ccc(F)cc1)c1ccc(C(N)=S)nc1. The Bertz CT molecular complexity index is 566. The lowest BCUT2D eigenvalue weighted by molar-refractivity contribution is 0.627. The molecule has 98 valence electrons. The minimum atomic E-state index is -0.228. The zero-order chi connectivity index (χ0) is 13.8. The monoisotopic (exact) mass is 275 g/mol. The first-order valence-electron chi connectivity index (χ1n) is 5.77. The van der Waals surface area contributed by atoms with Gasteiger partial charge in [-0.3, -0.25) is 4.98 Å². The zero-order valence-corrected chi connectivity index (χ0v) is 11.3. The number of benzene rings is 1. The van der Waals surface area contributed by atoms with Gasteiger partial charge in [0.25, 0.3) is 0 Å². The molecule has 0 atom stereocenters. The van der Waals surface area contributed by atoms with Gasteiger partial charge in [-0.25, -0.2) is 4.39 Å². The molecule has 0 aliphatic carbocycles. The first-order valence-corrected chi connectivity index (χ1v) is 6.18. The van der Waals surface area contributed by atoms with Crippen LogP contribution in [0, 0.1) is 5.82 Å². The van der Waals surface area contributed by atoms with E-state index >= 15 is 0 Å². The summed E-state index contributed by atoms with van der Waals surface area (Å²) in [5.41, 5.74) is 8.08. The van der Waals surface area contributed by atoms with Crippen LogP contribution in [0.5, 0.6) is 0 Å². The highest BCUT2D eigenvalue weighted by atomic mass is 32.1. The van der Waals surface area contributed by atoms with E-state index in [9.17, 15) is 4.39 Å². The van der Waals surface area contributed by atoms with Crippen molar-refractivity contribution in [1.29, 1.82) is 0 Å². The topological polar surface area (TPSA) is 42.1 Å². The third kappa shape index (κ3) is 3.48. The number of nitrogens with two attached hydrogens (primary N) is 1. The molecular weight excluding hydrogens is 261 g/mol. The molecule has 0 fully saturated rings. The van der Waals surface area contributed by atoms with Crippen molar-refractivity contribution in [2.75, 3.05) is 11.9 Å². The summed E-state index contributed by atoms with van der Waals surface area (Å²) in [6, 6.07) is 10.1. The predicted molar refractivity (Wildman–Crippen MR) is 78.6 cm³/mol. The van der Waals surface area contributed by atoms with Crippen LogP contribution in [0.4, 0.5) is 10.1 Å². The minimum Gasteiger partial charge on any atom is -0.388 e. The highest BCUT2D eigenvalue weighted by molar-refractivity contribution is 7.80. The molecule has 0 aliphatic heterocycles. The van der Waals surface area contributed by atoms with Gasteiger partial charge in [-0.1, -0.05) is 24.4 Å². The van der Waals surface area contributed by atoms with Crippen LogP contribution in [0.2, 0.25) is 0 Å². The molecule has 19 heavy (non-hydrogen) atoms. The largest absolute Gasteiger partial charge is 0.388 e. The van der Waals surface area contributed by atoms with E-state index in [4.69, 9.17) is 18.0 Å². The van der Waals surface area contributed by atoms with E-state index in [1.807, 2.05) is 18.0 Å². The molecule has 1 heterocycles. The second kappa shape index (κ2) is 5.75. The summed E-state index contributed by atoms with van der Waals surface area (Å²) in [6.45, 7) is 0.675. The normalized spacial score (nSPS) is 10.2.